The van der Waals surface area contributed by atoms with Crippen molar-refractivity contribution in [2.45, 2.75) is 50.7 Å². The highest BCUT2D eigenvalue weighted by molar-refractivity contribution is 9.10. The molecule has 0 amide bonds. The van der Waals surface area contributed by atoms with Crippen molar-refractivity contribution < 1.29 is 9.47 Å². The number of benzene rings is 1. The Morgan fingerprint density at radius 3 is 2.95 bits per heavy atom. The van der Waals surface area contributed by atoms with Crippen molar-refractivity contribution >= 4 is 15.9 Å². The second-order valence-electron chi connectivity index (χ2n) is 5.50. The second kappa shape index (κ2) is 8.01. The summed E-state index contributed by atoms with van der Waals surface area (Å²) in [4.78, 5) is 0. The minimum Gasteiger partial charge on any atom is -0.496 e. The molecule has 4 heteroatoms. The van der Waals surface area contributed by atoms with Gasteiger partial charge in [0.2, 0.25) is 0 Å². The normalized spacial score (nSPS) is 20.6. The number of ether oxygens (including phenoxy) is 2. The van der Waals surface area contributed by atoms with Crippen LogP contribution in [0, 0.1) is 0 Å². The first-order chi connectivity index (χ1) is 9.69. The summed E-state index contributed by atoms with van der Waals surface area (Å²) in [6.45, 7) is 0.922. The summed E-state index contributed by atoms with van der Waals surface area (Å²) < 4.78 is 12.0. The van der Waals surface area contributed by atoms with Gasteiger partial charge in [-0.3, -0.25) is 0 Å². The first kappa shape index (κ1) is 15.8. The molecule has 1 saturated heterocycles. The van der Waals surface area contributed by atoms with Gasteiger partial charge in [0.25, 0.3) is 0 Å². The molecule has 20 heavy (non-hydrogen) atoms. The van der Waals surface area contributed by atoms with E-state index in [1.807, 2.05) is 6.07 Å². The average molecular weight is 342 g/mol. The lowest BCUT2D eigenvalue weighted by molar-refractivity contribution is 0.00915. The van der Waals surface area contributed by atoms with Crippen molar-refractivity contribution in [1.82, 2.24) is 0 Å². The maximum absolute atomic E-state index is 6.24. The van der Waals surface area contributed by atoms with E-state index in [0.717, 1.165) is 36.1 Å². The highest BCUT2D eigenvalue weighted by Crippen LogP contribution is 2.26. The molecule has 1 aliphatic heterocycles. The quantitative estimate of drug-likeness (QED) is 0.858. The summed E-state index contributed by atoms with van der Waals surface area (Å²) in [5, 5.41) is 0. The Labute approximate surface area is 130 Å². The number of hydrogen-bond donors (Lipinski definition) is 1. The van der Waals surface area contributed by atoms with Crippen molar-refractivity contribution in [3.05, 3.63) is 28.2 Å². The molecule has 0 spiro atoms. The lowest BCUT2D eigenvalue weighted by Crippen LogP contribution is -2.27. The summed E-state index contributed by atoms with van der Waals surface area (Å²) in [5.41, 5.74) is 7.49. The van der Waals surface area contributed by atoms with Gasteiger partial charge in [-0.2, -0.15) is 0 Å². The predicted molar refractivity (Wildman–Crippen MR) is 85.2 cm³/mol. The number of halogens is 1. The lowest BCUT2D eigenvalue weighted by atomic mass is 9.98. The zero-order valence-corrected chi connectivity index (χ0v) is 13.7. The Hall–Kier alpha value is -0.580. The summed E-state index contributed by atoms with van der Waals surface area (Å²) in [5.74, 6) is 0.859. The van der Waals surface area contributed by atoms with E-state index in [4.69, 9.17) is 15.2 Å². The molecular formula is C16H24BrNO2. The highest BCUT2D eigenvalue weighted by Gasteiger charge is 2.15. The summed E-state index contributed by atoms with van der Waals surface area (Å²) in [6.07, 6.45) is 7.13. The zero-order valence-electron chi connectivity index (χ0n) is 12.1. The number of methoxy groups -OCH3 is 1. The van der Waals surface area contributed by atoms with Gasteiger partial charge in [0, 0.05) is 12.6 Å². The molecule has 0 saturated carbocycles. The fourth-order valence-corrected chi connectivity index (χ4v) is 3.26. The maximum atomic E-state index is 6.24. The molecule has 1 fully saturated rings. The van der Waals surface area contributed by atoms with Gasteiger partial charge in [0.05, 0.1) is 17.7 Å². The van der Waals surface area contributed by atoms with Crippen LogP contribution >= 0.6 is 15.9 Å². The molecule has 112 valence electrons. The fourth-order valence-electron chi connectivity index (χ4n) is 2.68. The highest BCUT2D eigenvalue weighted by atomic mass is 79.9. The largest absolute Gasteiger partial charge is 0.496 e. The van der Waals surface area contributed by atoms with Crippen molar-refractivity contribution in [3.8, 4) is 5.75 Å². The predicted octanol–water partition coefficient (Wildman–Crippen LogP) is 3.68. The maximum Gasteiger partial charge on any atom is 0.133 e. The number of hydrogen-bond acceptors (Lipinski definition) is 3. The molecule has 2 N–H and O–H groups in total. The molecule has 1 aromatic rings. The van der Waals surface area contributed by atoms with E-state index in [-0.39, 0.29) is 6.04 Å². The van der Waals surface area contributed by atoms with Crippen molar-refractivity contribution in [2.75, 3.05) is 13.7 Å². The molecule has 1 heterocycles. The van der Waals surface area contributed by atoms with Crippen molar-refractivity contribution in [2.24, 2.45) is 5.73 Å². The van der Waals surface area contributed by atoms with E-state index < -0.39 is 0 Å². The van der Waals surface area contributed by atoms with Crippen molar-refractivity contribution in [1.29, 1.82) is 0 Å². The molecule has 0 bridgehead atoms. The number of nitrogens with two attached hydrogens (primary N) is 1. The van der Waals surface area contributed by atoms with E-state index in [1.165, 1.54) is 24.8 Å². The van der Waals surface area contributed by atoms with Crippen LogP contribution in [0.4, 0.5) is 0 Å². The third-order valence-corrected chi connectivity index (χ3v) is 4.47. The van der Waals surface area contributed by atoms with E-state index in [9.17, 15) is 0 Å². The molecule has 3 nitrogen and oxygen atoms in total. The molecule has 1 aromatic carbocycles. The molecule has 0 radical (unpaired) electrons. The molecule has 0 aliphatic carbocycles. The molecule has 2 unspecified atom stereocenters. The summed E-state index contributed by atoms with van der Waals surface area (Å²) in [6, 6.07) is 6.35. The Morgan fingerprint density at radius 1 is 1.45 bits per heavy atom. The molecule has 1 aliphatic rings. The Kier molecular flexibility index (Phi) is 6.33. The van der Waals surface area contributed by atoms with Gasteiger partial charge in [-0.1, -0.05) is 6.07 Å². The second-order valence-corrected chi connectivity index (χ2v) is 6.35. The summed E-state index contributed by atoms with van der Waals surface area (Å²) in [7, 11) is 1.68. The van der Waals surface area contributed by atoms with Crippen molar-refractivity contribution in [3.63, 3.8) is 0 Å². The van der Waals surface area contributed by atoms with Crippen LogP contribution in [0.25, 0.3) is 0 Å². The average Bonchev–Trinajstić information content (AvgIpc) is 2.46. The van der Waals surface area contributed by atoms with Crippen LogP contribution in [0.5, 0.6) is 5.75 Å². The SMILES string of the molecule is COc1ccc(CC(N)CCC2CCCCO2)cc1Br. The van der Waals surface area contributed by atoms with Gasteiger partial charge in [0.15, 0.2) is 0 Å². The molecule has 2 rings (SSSR count). The Balaban J connectivity index is 1.78. The van der Waals surface area contributed by atoms with Crippen LogP contribution in [-0.4, -0.2) is 25.9 Å². The third kappa shape index (κ3) is 4.76. The van der Waals surface area contributed by atoms with Crippen LogP contribution < -0.4 is 10.5 Å². The monoisotopic (exact) mass is 341 g/mol. The minimum atomic E-state index is 0.195. The van der Waals surface area contributed by atoms with Gasteiger partial charge in [-0.25, -0.2) is 0 Å². The van der Waals surface area contributed by atoms with Crippen LogP contribution in [0.3, 0.4) is 0 Å². The van der Waals surface area contributed by atoms with Gasteiger partial charge in [0.1, 0.15) is 5.75 Å². The van der Waals surface area contributed by atoms with Crippen LogP contribution in [-0.2, 0) is 11.2 Å². The van der Waals surface area contributed by atoms with Gasteiger partial charge in [-0.05, 0) is 72.2 Å². The third-order valence-electron chi connectivity index (χ3n) is 3.85. The smallest absolute Gasteiger partial charge is 0.133 e. The zero-order chi connectivity index (χ0) is 14.4. The van der Waals surface area contributed by atoms with Crippen LogP contribution in [0.15, 0.2) is 22.7 Å². The minimum absolute atomic E-state index is 0.195. The van der Waals surface area contributed by atoms with E-state index in [0.29, 0.717) is 6.10 Å². The first-order valence-electron chi connectivity index (χ1n) is 7.38. The first-order valence-corrected chi connectivity index (χ1v) is 8.18. The van der Waals surface area contributed by atoms with Gasteiger partial charge >= 0.3 is 0 Å². The standard InChI is InChI=1S/C16H24BrNO2/c1-19-16-8-5-12(11-15(16)17)10-13(18)6-7-14-4-2-3-9-20-14/h5,8,11,13-14H,2-4,6-7,9-10,18H2,1H3. The Bertz CT molecular complexity index is 419. The van der Waals surface area contributed by atoms with Gasteiger partial charge < -0.3 is 15.2 Å². The van der Waals surface area contributed by atoms with Crippen LogP contribution in [0.2, 0.25) is 0 Å². The Morgan fingerprint density at radius 2 is 2.30 bits per heavy atom. The van der Waals surface area contributed by atoms with E-state index >= 15 is 0 Å². The fraction of sp³-hybridized carbons (Fsp3) is 0.625. The topological polar surface area (TPSA) is 44.5 Å². The lowest BCUT2D eigenvalue weighted by Gasteiger charge is -2.23. The molecule has 2 atom stereocenters. The number of rotatable bonds is 6. The van der Waals surface area contributed by atoms with Gasteiger partial charge in [-0.15, -0.1) is 0 Å². The van der Waals surface area contributed by atoms with Crippen LogP contribution in [0.1, 0.15) is 37.7 Å². The van der Waals surface area contributed by atoms with E-state index in [2.05, 4.69) is 28.1 Å². The molecular weight excluding hydrogens is 318 g/mol. The summed E-state index contributed by atoms with van der Waals surface area (Å²) >= 11 is 3.51. The molecule has 0 aromatic heterocycles. The van der Waals surface area contributed by atoms with E-state index in [1.54, 1.807) is 7.11 Å².